The van der Waals surface area contributed by atoms with Gasteiger partial charge < -0.3 is 16.2 Å². The number of carbonyl (C=O) groups is 1. The summed E-state index contributed by atoms with van der Waals surface area (Å²) < 4.78 is 0. The number of halogens is 2. The van der Waals surface area contributed by atoms with Crippen LogP contribution in [0.15, 0.2) is 54.6 Å². The zero-order valence-corrected chi connectivity index (χ0v) is 18.3. The Bertz CT molecular complexity index is 764. The number of nitrogens with two attached hydrogens (primary N) is 1. The maximum atomic E-state index is 12.7. The molecule has 0 aliphatic carbocycles. The van der Waals surface area contributed by atoms with Crippen LogP contribution in [0.25, 0.3) is 0 Å². The van der Waals surface area contributed by atoms with Gasteiger partial charge in [-0.25, -0.2) is 0 Å². The van der Waals surface area contributed by atoms with Crippen LogP contribution in [0.2, 0.25) is 0 Å². The molecule has 7 heteroatoms. The van der Waals surface area contributed by atoms with Crippen molar-refractivity contribution in [3.63, 3.8) is 0 Å². The topological polar surface area (TPSA) is 78.6 Å². The molecule has 1 saturated heterocycles. The highest BCUT2D eigenvalue weighted by molar-refractivity contribution is 5.87. The SMILES string of the molecule is CC(N)(C(=O)NCc1ccccc1CN1CCC(O)CC1)c1ccccc1.Cl.Cl. The highest BCUT2D eigenvalue weighted by Gasteiger charge is 2.30. The molecule has 160 valence electrons. The van der Waals surface area contributed by atoms with Crippen molar-refractivity contribution in [3.05, 3.63) is 71.3 Å². The largest absolute Gasteiger partial charge is 0.393 e. The van der Waals surface area contributed by atoms with Gasteiger partial charge in [-0.2, -0.15) is 0 Å². The van der Waals surface area contributed by atoms with Crippen molar-refractivity contribution in [2.75, 3.05) is 13.1 Å². The Kier molecular flexibility index (Phi) is 10.1. The monoisotopic (exact) mass is 439 g/mol. The predicted molar refractivity (Wildman–Crippen MR) is 121 cm³/mol. The van der Waals surface area contributed by atoms with Gasteiger partial charge >= 0.3 is 0 Å². The van der Waals surface area contributed by atoms with E-state index in [1.54, 1.807) is 6.92 Å². The maximum absolute atomic E-state index is 12.7. The first kappa shape index (κ1) is 25.4. The molecule has 1 aliphatic rings. The molecule has 0 bridgehead atoms. The lowest BCUT2D eigenvalue weighted by atomic mass is 9.92. The third kappa shape index (κ3) is 6.69. The summed E-state index contributed by atoms with van der Waals surface area (Å²) in [5.74, 6) is -0.190. The van der Waals surface area contributed by atoms with E-state index in [9.17, 15) is 9.90 Å². The second kappa shape index (κ2) is 11.5. The lowest BCUT2D eigenvalue weighted by Gasteiger charge is -2.30. The molecule has 0 aromatic heterocycles. The summed E-state index contributed by atoms with van der Waals surface area (Å²) >= 11 is 0. The fraction of sp³-hybridized carbons (Fsp3) is 0.409. The average Bonchev–Trinajstić information content (AvgIpc) is 2.69. The number of nitrogens with zero attached hydrogens (tertiary/aromatic N) is 1. The highest BCUT2D eigenvalue weighted by atomic mass is 35.5. The molecule has 1 aliphatic heterocycles. The molecular weight excluding hydrogens is 409 g/mol. The molecule has 29 heavy (non-hydrogen) atoms. The fourth-order valence-corrected chi connectivity index (χ4v) is 3.48. The van der Waals surface area contributed by atoms with Gasteiger partial charge in [0.2, 0.25) is 5.91 Å². The van der Waals surface area contributed by atoms with Crippen molar-refractivity contribution < 1.29 is 9.90 Å². The number of hydrogen-bond donors (Lipinski definition) is 3. The Hall–Kier alpha value is -1.63. The lowest BCUT2D eigenvalue weighted by Crippen LogP contribution is -2.48. The van der Waals surface area contributed by atoms with Gasteiger partial charge in [-0.3, -0.25) is 9.69 Å². The summed E-state index contributed by atoms with van der Waals surface area (Å²) in [4.78, 5) is 15.1. The van der Waals surface area contributed by atoms with Crippen LogP contribution in [-0.2, 0) is 23.4 Å². The van der Waals surface area contributed by atoms with Gasteiger partial charge in [-0.1, -0.05) is 54.6 Å². The van der Waals surface area contributed by atoms with Gasteiger partial charge in [0.25, 0.3) is 0 Å². The first-order valence-corrected chi connectivity index (χ1v) is 9.56. The van der Waals surface area contributed by atoms with E-state index in [4.69, 9.17) is 5.73 Å². The Morgan fingerprint density at radius 1 is 1.07 bits per heavy atom. The normalized spacial score (nSPS) is 16.8. The van der Waals surface area contributed by atoms with Gasteiger partial charge in [0, 0.05) is 26.2 Å². The second-order valence-corrected chi connectivity index (χ2v) is 7.53. The molecule has 1 atom stereocenters. The number of hydrogen-bond acceptors (Lipinski definition) is 4. The lowest BCUT2D eigenvalue weighted by molar-refractivity contribution is -0.126. The smallest absolute Gasteiger partial charge is 0.244 e. The number of amides is 1. The molecule has 3 rings (SSSR count). The number of aliphatic hydroxyl groups excluding tert-OH is 1. The third-order valence-electron chi connectivity index (χ3n) is 5.35. The highest BCUT2D eigenvalue weighted by Crippen LogP contribution is 2.19. The maximum Gasteiger partial charge on any atom is 0.244 e. The summed E-state index contributed by atoms with van der Waals surface area (Å²) in [6.07, 6.45) is 1.47. The average molecular weight is 440 g/mol. The van der Waals surface area contributed by atoms with Crippen molar-refractivity contribution in [1.29, 1.82) is 0 Å². The van der Waals surface area contributed by atoms with Crippen LogP contribution in [0.4, 0.5) is 0 Å². The molecular formula is C22H31Cl2N3O2. The third-order valence-corrected chi connectivity index (χ3v) is 5.35. The molecule has 0 radical (unpaired) electrons. The first-order valence-electron chi connectivity index (χ1n) is 9.56. The van der Waals surface area contributed by atoms with E-state index in [0.29, 0.717) is 6.54 Å². The molecule has 1 amide bonds. The minimum atomic E-state index is -1.07. The van der Waals surface area contributed by atoms with Crippen LogP contribution in [-0.4, -0.2) is 35.1 Å². The van der Waals surface area contributed by atoms with Gasteiger partial charge in [0.15, 0.2) is 0 Å². The second-order valence-electron chi connectivity index (χ2n) is 7.53. The number of carbonyl (C=O) groups excluding carboxylic acids is 1. The van der Waals surface area contributed by atoms with E-state index in [0.717, 1.165) is 43.6 Å². The molecule has 1 heterocycles. The summed E-state index contributed by atoms with van der Waals surface area (Å²) in [5, 5.41) is 12.7. The van der Waals surface area contributed by atoms with E-state index in [2.05, 4.69) is 16.3 Å². The zero-order chi connectivity index (χ0) is 19.3. The Morgan fingerprint density at radius 2 is 1.62 bits per heavy atom. The molecule has 2 aromatic rings. The Balaban J connectivity index is 0.00000210. The van der Waals surface area contributed by atoms with Crippen LogP contribution in [0.3, 0.4) is 0 Å². The first-order chi connectivity index (χ1) is 13.0. The van der Waals surface area contributed by atoms with E-state index >= 15 is 0 Å². The minimum Gasteiger partial charge on any atom is -0.393 e. The number of benzene rings is 2. The van der Waals surface area contributed by atoms with Crippen molar-refractivity contribution in [2.45, 2.75) is 44.5 Å². The van der Waals surface area contributed by atoms with Crippen LogP contribution < -0.4 is 11.1 Å². The van der Waals surface area contributed by atoms with E-state index < -0.39 is 5.54 Å². The number of aliphatic hydroxyl groups is 1. The summed E-state index contributed by atoms with van der Waals surface area (Å²) in [5.41, 5.74) is 8.33. The molecule has 0 spiro atoms. The summed E-state index contributed by atoms with van der Waals surface area (Å²) in [6, 6.07) is 17.6. The molecule has 1 unspecified atom stereocenters. The van der Waals surface area contributed by atoms with Crippen LogP contribution in [0.1, 0.15) is 36.5 Å². The van der Waals surface area contributed by atoms with E-state index in [1.165, 1.54) is 5.56 Å². The fourth-order valence-electron chi connectivity index (χ4n) is 3.48. The zero-order valence-electron chi connectivity index (χ0n) is 16.7. The van der Waals surface area contributed by atoms with Gasteiger partial charge in [0.1, 0.15) is 5.54 Å². The number of nitrogens with one attached hydrogen (secondary N) is 1. The van der Waals surface area contributed by atoms with E-state index in [1.807, 2.05) is 48.5 Å². The van der Waals surface area contributed by atoms with Crippen LogP contribution >= 0.6 is 24.8 Å². The number of likely N-dealkylation sites (tertiary alicyclic amines) is 1. The van der Waals surface area contributed by atoms with Crippen LogP contribution in [0.5, 0.6) is 0 Å². The van der Waals surface area contributed by atoms with Crippen molar-refractivity contribution in [2.24, 2.45) is 5.73 Å². The van der Waals surface area contributed by atoms with Crippen LogP contribution in [0, 0.1) is 0 Å². The standard InChI is InChI=1S/C22H29N3O2.2ClH/c1-22(23,19-9-3-2-4-10-19)21(27)24-15-17-7-5-6-8-18(17)16-25-13-11-20(26)12-14-25;;/h2-10,20,26H,11-16,23H2,1H3,(H,24,27);2*1H. The molecule has 4 N–H and O–H groups in total. The predicted octanol–water partition coefficient (Wildman–Crippen LogP) is 2.98. The van der Waals surface area contributed by atoms with E-state index in [-0.39, 0.29) is 36.8 Å². The Morgan fingerprint density at radius 3 is 2.24 bits per heavy atom. The van der Waals surface area contributed by atoms with Crippen molar-refractivity contribution >= 4 is 30.7 Å². The minimum absolute atomic E-state index is 0. The number of rotatable bonds is 6. The van der Waals surface area contributed by atoms with Gasteiger partial charge in [-0.05, 0) is 36.5 Å². The summed E-state index contributed by atoms with van der Waals surface area (Å²) in [7, 11) is 0. The number of piperidine rings is 1. The van der Waals surface area contributed by atoms with Gasteiger partial charge in [-0.15, -0.1) is 24.8 Å². The molecule has 1 fully saturated rings. The molecule has 2 aromatic carbocycles. The molecule has 5 nitrogen and oxygen atoms in total. The quantitative estimate of drug-likeness (QED) is 0.646. The van der Waals surface area contributed by atoms with Crippen molar-refractivity contribution in [1.82, 2.24) is 10.2 Å². The molecule has 0 saturated carbocycles. The van der Waals surface area contributed by atoms with Gasteiger partial charge in [0.05, 0.1) is 6.10 Å². The van der Waals surface area contributed by atoms with Crippen molar-refractivity contribution in [3.8, 4) is 0 Å². The summed E-state index contributed by atoms with van der Waals surface area (Å²) in [6.45, 7) is 4.82. The Labute approximate surface area is 185 Å².